The highest BCUT2D eigenvalue weighted by molar-refractivity contribution is 6.30. The van der Waals surface area contributed by atoms with Crippen molar-refractivity contribution in [1.82, 2.24) is 5.43 Å². The zero-order chi connectivity index (χ0) is 13.1. The molecule has 1 unspecified atom stereocenters. The van der Waals surface area contributed by atoms with E-state index in [1.165, 1.54) is 0 Å². The smallest absolute Gasteiger partial charge is 0.105 e. The molecule has 1 aromatic heterocycles. The number of hydrogen-bond acceptors (Lipinski definition) is 3. The van der Waals surface area contributed by atoms with Gasteiger partial charge in [-0.15, -0.1) is 0 Å². The lowest BCUT2D eigenvalue weighted by atomic mass is 10.00. The van der Waals surface area contributed by atoms with Crippen molar-refractivity contribution in [2.75, 3.05) is 0 Å². The third-order valence-corrected chi connectivity index (χ3v) is 3.22. The molecular formula is C14H17ClN2O. The number of furan rings is 1. The molecule has 4 heteroatoms. The van der Waals surface area contributed by atoms with Gasteiger partial charge >= 0.3 is 0 Å². The summed E-state index contributed by atoms with van der Waals surface area (Å²) in [4.78, 5) is 0. The highest BCUT2D eigenvalue weighted by Crippen LogP contribution is 2.25. The fraction of sp³-hybridized carbons (Fsp3) is 0.286. The number of halogens is 1. The molecule has 0 amide bonds. The lowest BCUT2D eigenvalue weighted by Gasteiger charge is -2.15. The van der Waals surface area contributed by atoms with Gasteiger partial charge in [0.2, 0.25) is 0 Å². The number of aryl methyl sites for hydroxylation is 2. The first-order valence-electron chi connectivity index (χ1n) is 5.87. The first-order chi connectivity index (χ1) is 8.60. The molecule has 2 aromatic rings. The zero-order valence-corrected chi connectivity index (χ0v) is 11.3. The minimum atomic E-state index is 0.0286. The Balaban J connectivity index is 2.22. The Morgan fingerprint density at radius 2 is 2.11 bits per heavy atom. The summed E-state index contributed by atoms with van der Waals surface area (Å²) in [5.74, 6) is 7.44. The molecular weight excluding hydrogens is 248 g/mol. The number of nitrogens with one attached hydrogen (secondary N) is 1. The highest BCUT2D eigenvalue weighted by Gasteiger charge is 2.16. The Bertz CT molecular complexity index is 536. The Morgan fingerprint density at radius 1 is 1.33 bits per heavy atom. The average molecular weight is 265 g/mol. The van der Waals surface area contributed by atoms with Crippen LogP contribution < -0.4 is 11.3 Å². The number of nitrogens with two attached hydrogens (primary N) is 1. The van der Waals surface area contributed by atoms with Gasteiger partial charge in [-0.2, -0.15) is 0 Å². The van der Waals surface area contributed by atoms with E-state index < -0.39 is 0 Å². The molecule has 0 saturated carbocycles. The van der Waals surface area contributed by atoms with E-state index in [-0.39, 0.29) is 6.04 Å². The van der Waals surface area contributed by atoms with E-state index in [1.54, 1.807) is 0 Å². The summed E-state index contributed by atoms with van der Waals surface area (Å²) in [5, 5.41) is 0.739. The standard InChI is InChI=1S/C14H17ClN2O/c1-9-6-13(10(2)18-9)14(17-16)8-11-4-3-5-12(15)7-11/h3-7,14,17H,8,16H2,1-2H3. The Kier molecular flexibility index (Phi) is 4.07. The van der Waals surface area contributed by atoms with Crippen LogP contribution in [0.15, 0.2) is 34.7 Å². The van der Waals surface area contributed by atoms with Crippen molar-refractivity contribution < 1.29 is 4.42 Å². The van der Waals surface area contributed by atoms with Crippen LogP contribution in [0.4, 0.5) is 0 Å². The molecule has 1 heterocycles. The van der Waals surface area contributed by atoms with E-state index in [0.29, 0.717) is 0 Å². The van der Waals surface area contributed by atoms with Gasteiger partial charge in [0, 0.05) is 10.6 Å². The molecule has 1 aromatic carbocycles. The van der Waals surface area contributed by atoms with Gasteiger partial charge in [-0.25, -0.2) is 0 Å². The van der Waals surface area contributed by atoms with Gasteiger partial charge in [-0.05, 0) is 44.0 Å². The number of rotatable bonds is 4. The Labute approximate surface area is 112 Å². The SMILES string of the molecule is Cc1cc(C(Cc2cccc(Cl)c2)NN)c(C)o1. The average Bonchev–Trinajstić information content (AvgIpc) is 2.65. The Hall–Kier alpha value is -1.29. The summed E-state index contributed by atoms with van der Waals surface area (Å²) in [6.45, 7) is 3.88. The fourth-order valence-corrected chi connectivity index (χ4v) is 2.37. The molecule has 0 radical (unpaired) electrons. The second-order valence-corrected chi connectivity index (χ2v) is 4.86. The van der Waals surface area contributed by atoms with Crippen LogP contribution in [0.5, 0.6) is 0 Å². The largest absolute Gasteiger partial charge is 0.466 e. The topological polar surface area (TPSA) is 51.2 Å². The maximum Gasteiger partial charge on any atom is 0.105 e. The summed E-state index contributed by atoms with van der Waals surface area (Å²) >= 11 is 5.98. The van der Waals surface area contributed by atoms with Crippen molar-refractivity contribution in [2.45, 2.75) is 26.3 Å². The molecule has 2 rings (SSSR count). The van der Waals surface area contributed by atoms with E-state index in [2.05, 4.69) is 5.43 Å². The van der Waals surface area contributed by atoms with Crippen LogP contribution >= 0.6 is 11.6 Å². The molecule has 0 spiro atoms. The van der Waals surface area contributed by atoms with Crippen molar-refractivity contribution in [3.8, 4) is 0 Å². The summed E-state index contributed by atoms with van der Waals surface area (Å²) in [6, 6.07) is 9.85. The molecule has 0 aliphatic rings. The third-order valence-electron chi connectivity index (χ3n) is 2.98. The van der Waals surface area contributed by atoms with E-state index >= 15 is 0 Å². The quantitative estimate of drug-likeness (QED) is 0.658. The van der Waals surface area contributed by atoms with Gasteiger partial charge in [0.15, 0.2) is 0 Å². The molecule has 0 aliphatic heterocycles. The molecule has 3 nitrogen and oxygen atoms in total. The second-order valence-electron chi connectivity index (χ2n) is 4.42. The van der Waals surface area contributed by atoms with Gasteiger partial charge in [0.1, 0.15) is 11.5 Å². The van der Waals surface area contributed by atoms with Crippen LogP contribution in [0.1, 0.15) is 28.7 Å². The van der Waals surface area contributed by atoms with Crippen molar-refractivity contribution >= 4 is 11.6 Å². The van der Waals surface area contributed by atoms with Gasteiger partial charge < -0.3 is 4.42 Å². The molecule has 0 bridgehead atoms. The van der Waals surface area contributed by atoms with Crippen LogP contribution in [0.2, 0.25) is 5.02 Å². The summed E-state index contributed by atoms with van der Waals surface area (Å²) < 4.78 is 5.54. The lowest BCUT2D eigenvalue weighted by molar-refractivity contribution is 0.484. The molecule has 0 saturated heterocycles. The van der Waals surface area contributed by atoms with Crippen molar-refractivity contribution in [3.63, 3.8) is 0 Å². The molecule has 3 N–H and O–H groups in total. The lowest BCUT2D eigenvalue weighted by Crippen LogP contribution is -2.29. The number of hydrazine groups is 1. The fourth-order valence-electron chi connectivity index (χ4n) is 2.15. The second kappa shape index (κ2) is 5.57. The van der Waals surface area contributed by atoms with Gasteiger partial charge in [0.05, 0.1) is 6.04 Å². The monoisotopic (exact) mass is 264 g/mol. The predicted molar refractivity (Wildman–Crippen MR) is 73.4 cm³/mol. The van der Waals surface area contributed by atoms with Crippen LogP contribution in [0.25, 0.3) is 0 Å². The van der Waals surface area contributed by atoms with Crippen LogP contribution in [-0.4, -0.2) is 0 Å². The molecule has 18 heavy (non-hydrogen) atoms. The van der Waals surface area contributed by atoms with Gasteiger partial charge in [-0.3, -0.25) is 11.3 Å². The molecule has 0 fully saturated rings. The maximum atomic E-state index is 5.98. The van der Waals surface area contributed by atoms with Gasteiger partial charge in [0.25, 0.3) is 0 Å². The summed E-state index contributed by atoms with van der Waals surface area (Å²) in [6.07, 6.45) is 0.775. The zero-order valence-electron chi connectivity index (χ0n) is 10.5. The van der Waals surface area contributed by atoms with E-state index in [9.17, 15) is 0 Å². The van der Waals surface area contributed by atoms with E-state index in [0.717, 1.165) is 34.1 Å². The van der Waals surface area contributed by atoms with Crippen LogP contribution in [-0.2, 0) is 6.42 Å². The maximum absolute atomic E-state index is 5.98. The van der Waals surface area contributed by atoms with Crippen molar-refractivity contribution in [1.29, 1.82) is 0 Å². The highest BCUT2D eigenvalue weighted by atomic mass is 35.5. The minimum Gasteiger partial charge on any atom is -0.466 e. The Morgan fingerprint density at radius 3 is 2.67 bits per heavy atom. The molecule has 96 valence electrons. The van der Waals surface area contributed by atoms with Crippen molar-refractivity contribution in [2.24, 2.45) is 5.84 Å². The first kappa shape index (κ1) is 13.1. The predicted octanol–water partition coefficient (Wildman–Crippen LogP) is 3.30. The van der Waals surface area contributed by atoms with E-state index in [1.807, 2.05) is 44.2 Å². The van der Waals surface area contributed by atoms with Crippen LogP contribution in [0.3, 0.4) is 0 Å². The number of hydrogen-bond donors (Lipinski definition) is 2. The van der Waals surface area contributed by atoms with Gasteiger partial charge in [-0.1, -0.05) is 23.7 Å². The third kappa shape index (κ3) is 2.93. The van der Waals surface area contributed by atoms with E-state index in [4.69, 9.17) is 21.9 Å². The summed E-state index contributed by atoms with van der Waals surface area (Å²) in [5.41, 5.74) is 5.07. The van der Waals surface area contributed by atoms with Crippen LogP contribution in [0, 0.1) is 13.8 Å². The first-order valence-corrected chi connectivity index (χ1v) is 6.25. The normalized spacial score (nSPS) is 12.7. The number of benzene rings is 1. The van der Waals surface area contributed by atoms with Crippen molar-refractivity contribution in [3.05, 3.63) is 58.0 Å². The minimum absolute atomic E-state index is 0.0286. The molecule has 0 aliphatic carbocycles. The summed E-state index contributed by atoms with van der Waals surface area (Å²) in [7, 11) is 0. The molecule has 1 atom stereocenters.